The van der Waals surface area contributed by atoms with Crippen LogP contribution < -0.4 is 0 Å². The van der Waals surface area contributed by atoms with Gasteiger partial charge in [-0.1, -0.05) is 152 Å². The SMILES string of the molecule is Sc1c(-c2ccc3c(c2)oc2c(-c4nc(-c5ccccc5)nc(-c5ccccc5)n4)cccc23)cccc1-c1ccccc1-n1c2ccccc2c2ccccc21. The summed E-state index contributed by atoms with van der Waals surface area (Å²) in [6.07, 6.45) is 0. The van der Waals surface area contributed by atoms with E-state index >= 15 is 0 Å². The van der Waals surface area contributed by atoms with E-state index in [0.717, 1.165) is 71.5 Å². The van der Waals surface area contributed by atoms with E-state index in [1.165, 1.54) is 21.8 Å². The van der Waals surface area contributed by atoms with Crippen LogP contribution in [0.15, 0.2) is 197 Å². The van der Waals surface area contributed by atoms with Crippen LogP contribution >= 0.6 is 12.6 Å². The Morgan fingerprint density at radius 3 is 1.61 bits per heavy atom. The number of fused-ring (bicyclic) bond motifs is 6. The molecule has 0 amide bonds. The summed E-state index contributed by atoms with van der Waals surface area (Å²) in [4.78, 5) is 15.8. The predicted molar refractivity (Wildman–Crippen MR) is 236 cm³/mol. The van der Waals surface area contributed by atoms with Crippen molar-refractivity contribution in [3.05, 3.63) is 188 Å². The van der Waals surface area contributed by atoms with E-state index in [-0.39, 0.29) is 0 Å². The zero-order valence-corrected chi connectivity index (χ0v) is 31.4. The van der Waals surface area contributed by atoms with Crippen LogP contribution in [0.2, 0.25) is 0 Å². The zero-order chi connectivity index (χ0) is 37.9. The molecule has 0 aliphatic rings. The number of aromatic nitrogens is 4. The van der Waals surface area contributed by atoms with Crippen LogP contribution in [0.1, 0.15) is 0 Å². The highest BCUT2D eigenvalue weighted by Gasteiger charge is 2.20. The normalized spacial score (nSPS) is 11.6. The smallest absolute Gasteiger partial charge is 0.167 e. The zero-order valence-electron chi connectivity index (χ0n) is 30.5. The Bertz CT molecular complexity index is 3200. The van der Waals surface area contributed by atoms with Gasteiger partial charge in [-0.2, -0.15) is 0 Å². The lowest BCUT2D eigenvalue weighted by atomic mass is 9.96. The Morgan fingerprint density at radius 1 is 0.386 bits per heavy atom. The highest BCUT2D eigenvalue weighted by atomic mass is 32.1. The maximum absolute atomic E-state index is 6.77. The average Bonchev–Trinajstić information content (AvgIpc) is 3.82. The Morgan fingerprint density at radius 2 is 0.912 bits per heavy atom. The Balaban J connectivity index is 1.04. The van der Waals surface area contributed by atoms with Gasteiger partial charge in [0.25, 0.3) is 0 Å². The minimum atomic E-state index is 0.555. The van der Waals surface area contributed by atoms with Crippen molar-refractivity contribution in [1.29, 1.82) is 0 Å². The summed E-state index contributed by atoms with van der Waals surface area (Å²) >= 11 is 5.25. The molecule has 0 saturated heterocycles. The minimum Gasteiger partial charge on any atom is -0.455 e. The van der Waals surface area contributed by atoms with Gasteiger partial charge in [0.2, 0.25) is 0 Å². The number of thiol groups is 1. The topological polar surface area (TPSA) is 56.7 Å². The first-order valence-electron chi connectivity index (χ1n) is 18.9. The van der Waals surface area contributed by atoms with Gasteiger partial charge in [-0.25, -0.2) is 15.0 Å². The van der Waals surface area contributed by atoms with Crippen molar-refractivity contribution in [2.75, 3.05) is 0 Å². The van der Waals surface area contributed by atoms with Gasteiger partial charge >= 0.3 is 0 Å². The Kier molecular flexibility index (Phi) is 7.83. The lowest BCUT2D eigenvalue weighted by molar-refractivity contribution is 0.669. The molecule has 0 aliphatic carbocycles. The van der Waals surface area contributed by atoms with Crippen LogP contribution in [-0.2, 0) is 0 Å². The third kappa shape index (κ3) is 5.53. The second-order valence-electron chi connectivity index (χ2n) is 14.1. The number of nitrogens with zero attached hydrogens (tertiary/aromatic N) is 4. The number of rotatable bonds is 6. The number of benzene rings is 8. The maximum Gasteiger partial charge on any atom is 0.167 e. The van der Waals surface area contributed by atoms with Gasteiger partial charge in [0.1, 0.15) is 11.2 Å². The lowest BCUT2D eigenvalue weighted by Gasteiger charge is -2.17. The molecule has 0 spiro atoms. The quantitative estimate of drug-likeness (QED) is 0.172. The van der Waals surface area contributed by atoms with Crippen molar-refractivity contribution >= 4 is 56.4 Å². The van der Waals surface area contributed by atoms with E-state index in [2.05, 4.69) is 120 Å². The molecule has 11 rings (SSSR count). The first kappa shape index (κ1) is 33.1. The fourth-order valence-corrected chi connectivity index (χ4v) is 8.54. The Hall–Kier alpha value is -7.28. The van der Waals surface area contributed by atoms with Crippen LogP contribution in [0, 0.1) is 0 Å². The lowest BCUT2D eigenvalue weighted by Crippen LogP contribution is -2.00. The van der Waals surface area contributed by atoms with Crippen molar-refractivity contribution in [1.82, 2.24) is 19.5 Å². The van der Waals surface area contributed by atoms with Crippen molar-refractivity contribution in [3.8, 4) is 62.1 Å². The first-order valence-corrected chi connectivity index (χ1v) is 19.4. The van der Waals surface area contributed by atoms with E-state index in [0.29, 0.717) is 17.5 Å². The van der Waals surface area contributed by atoms with Gasteiger partial charge in [0, 0.05) is 43.1 Å². The molecule has 0 radical (unpaired) electrons. The molecular weight excluding hydrogens is 717 g/mol. The molecule has 8 aromatic carbocycles. The van der Waals surface area contributed by atoms with Crippen LogP contribution in [0.25, 0.3) is 106 Å². The number of hydrogen-bond acceptors (Lipinski definition) is 5. The third-order valence-corrected chi connectivity index (χ3v) is 11.3. The summed E-state index contributed by atoms with van der Waals surface area (Å²) in [7, 11) is 0. The van der Waals surface area contributed by atoms with Crippen LogP contribution in [0.4, 0.5) is 0 Å². The molecule has 5 nitrogen and oxygen atoms in total. The molecule has 11 aromatic rings. The minimum absolute atomic E-state index is 0.555. The van der Waals surface area contributed by atoms with Crippen LogP contribution in [0.5, 0.6) is 0 Å². The molecule has 3 heterocycles. The summed E-state index contributed by atoms with van der Waals surface area (Å²) in [6, 6.07) is 64.8. The molecule has 57 heavy (non-hydrogen) atoms. The van der Waals surface area contributed by atoms with Crippen LogP contribution in [0.3, 0.4) is 0 Å². The number of para-hydroxylation sites is 4. The van der Waals surface area contributed by atoms with Gasteiger partial charge < -0.3 is 8.98 Å². The molecule has 0 saturated carbocycles. The predicted octanol–water partition coefficient (Wildman–Crippen LogP) is 13.5. The molecule has 0 atom stereocenters. The van der Waals surface area contributed by atoms with E-state index in [1.54, 1.807) is 0 Å². The molecular formula is C51H32N4OS. The van der Waals surface area contributed by atoms with E-state index in [9.17, 15) is 0 Å². The van der Waals surface area contributed by atoms with Gasteiger partial charge in [-0.05, 0) is 53.1 Å². The van der Waals surface area contributed by atoms with Crippen molar-refractivity contribution in [2.24, 2.45) is 0 Å². The standard InChI is InChI=1S/C51H32N4OS/c57-48-35(22-13-24-41(48)38-21-9-12-28-45(38)55-43-26-10-7-19-36(43)37-20-8-11-27-44(37)55)34-29-30-39-40-23-14-25-42(47(40)56-46(39)31-34)51-53-49(32-15-3-1-4-16-32)52-50(54-51)33-17-5-2-6-18-33/h1-31,57H. The number of hydrogen-bond donors (Lipinski definition) is 1. The highest BCUT2D eigenvalue weighted by Crippen LogP contribution is 2.42. The number of furan rings is 1. The summed E-state index contributed by atoms with van der Waals surface area (Å²) < 4.78 is 9.14. The summed E-state index contributed by atoms with van der Waals surface area (Å²) in [6.45, 7) is 0. The molecule has 0 unspecified atom stereocenters. The molecule has 0 aliphatic heterocycles. The molecule has 0 N–H and O–H groups in total. The fraction of sp³-hybridized carbons (Fsp3) is 0. The molecule has 268 valence electrons. The van der Waals surface area contributed by atoms with Gasteiger partial charge in [-0.15, -0.1) is 12.6 Å². The van der Waals surface area contributed by atoms with Crippen molar-refractivity contribution in [2.45, 2.75) is 4.90 Å². The van der Waals surface area contributed by atoms with Gasteiger partial charge in [-0.3, -0.25) is 0 Å². The van der Waals surface area contributed by atoms with Crippen molar-refractivity contribution < 1.29 is 4.42 Å². The second kappa shape index (κ2) is 13.5. The third-order valence-electron chi connectivity index (χ3n) is 10.8. The summed E-state index contributed by atoms with van der Waals surface area (Å²) in [5, 5.41) is 4.48. The maximum atomic E-state index is 6.77. The van der Waals surface area contributed by atoms with Gasteiger partial charge in [0.15, 0.2) is 17.5 Å². The molecule has 0 fully saturated rings. The molecule has 6 heteroatoms. The summed E-state index contributed by atoms with van der Waals surface area (Å²) in [5.74, 6) is 1.77. The van der Waals surface area contributed by atoms with Crippen molar-refractivity contribution in [3.63, 3.8) is 0 Å². The molecule has 0 bridgehead atoms. The first-order chi connectivity index (χ1) is 28.2. The van der Waals surface area contributed by atoms with Gasteiger partial charge in [0.05, 0.1) is 22.3 Å². The highest BCUT2D eigenvalue weighted by molar-refractivity contribution is 7.80. The van der Waals surface area contributed by atoms with E-state index in [4.69, 9.17) is 32.0 Å². The average molecular weight is 749 g/mol. The van der Waals surface area contributed by atoms with Crippen LogP contribution in [-0.4, -0.2) is 19.5 Å². The molecule has 3 aromatic heterocycles. The Labute approximate surface area is 334 Å². The summed E-state index contributed by atoms with van der Waals surface area (Å²) in [5.41, 5.74) is 11.8. The van der Waals surface area contributed by atoms with E-state index < -0.39 is 0 Å². The monoisotopic (exact) mass is 748 g/mol. The van der Waals surface area contributed by atoms with E-state index in [1.807, 2.05) is 72.8 Å². The second-order valence-corrected chi connectivity index (χ2v) is 14.6. The fourth-order valence-electron chi connectivity index (χ4n) is 8.14. The largest absolute Gasteiger partial charge is 0.455 e.